The second kappa shape index (κ2) is 11.7. The van der Waals surface area contributed by atoms with E-state index in [2.05, 4.69) is 77.4 Å². The van der Waals surface area contributed by atoms with E-state index in [0.29, 0.717) is 5.92 Å². The van der Waals surface area contributed by atoms with Gasteiger partial charge in [0, 0.05) is 12.5 Å². The van der Waals surface area contributed by atoms with Crippen LogP contribution in [-0.4, -0.2) is 50.7 Å². The summed E-state index contributed by atoms with van der Waals surface area (Å²) < 4.78 is 18.6. The monoisotopic (exact) mass is 564 g/mol. The van der Waals surface area contributed by atoms with Gasteiger partial charge in [-0.2, -0.15) is 0 Å². The number of ether oxygens (including phenoxy) is 1. The van der Waals surface area contributed by atoms with Gasteiger partial charge >= 0.3 is 13.2 Å². The van der Waals surface area contributed by atoms with Gasteiger partial charge in [-0.25, -0.2) is 4.79 Å². The van der Waals surface area contributed by atoms with Crippen molar-refractivity contribution in [3.63, 3.8) is 0 Å². The second-order valence-electron chi connectivity index (χ2n) is 12.7. The highest BCUT2D eigenvalue weighted by molar-refractivity contribution is 6.56. The quantitative estimate of drug-likeness (QED) is 0.313. The molecule has 0 radical (unpaired) electrons. The first-order valence-corrected chi connectivity index (χ1v) is 15.2. The molecule has 7 heteroatoms. The third-order valence-electron chi connectivity index (χ3n) is 9.44. The van der Waals surface area contributed by atoms with Gasteiger partial charge in [0.05, 0.1) is 11.2 Å². The van der Waals surface area contributed by atoms with E-state index >= 15 is 0 Å². The third-order valence-corrected chi connectivity index (χ3v) is 9.44. The Labute approximate surface area is 250 Å². The fraction of sp³-hybridized carbons (Fsp3) is 0.400. The van der Waals surface area contributed by atoms with Crippen molar-refractivity contribution in [1.29, 1.82) is 0 Å². The van der Waals surface area contributed by atoms with Gasteiger partial charge in [0.15, 0.2) is 0 Å². The summed E-state index contributed by atoms with van der Waals surface area (Å²) in [4.78, 5) is 13.0. The number of hydrogen-bond acceptors (Lipinski definition) is 5. The number of carbonyl (C=O) groups is 1. The van der Waals surface area contributed by atoms with E-state index in [-0.39, 0.29) is 19.1 Å². The van der Waals surface area contributed by atoms with Gasteiger partial charge in [-0.3, -0.25) is 0 Å². The van der Waals surface area contributed by atoms with E-state index in [1.807, 2.05) is 39.8 Å². The lowest BCUT2D eigenvalue weighted by Crippen LogP contribution is -2.41. The van der Waals surface area contributed by atoms with Crippen LogP contribution in [0.3, 0.4) is 0 Å². The summed E-state index contributed by atoms with van der Waals surface area (Å²) in [7, 11) is -0.576. The fourth-order valence-corrected chi connectivity index (χ4v) is 6.25. The lowest BCUT2D eigenvalue weighted by molar-refractivity contribution is 0.00578. The molecule has 2 fully saturated rings. The third kappa shape index (κ3) is 5.78. The van der Waals surface area contributed by atoms with Gasteiger partial charge < -0.3 is 24.7 Å². The van der Waals surface area contributed by atoms with Crippen LogP contribution < -0.4 is 10.6 Å². The van der Waals surface area contributed by atoms with Crippen molar-refractivity contribution in [3.8, 4) is 11.1 Å². The Morgan fingerprint density at radius 3 is 2.07 bits per heavy atom. The van der Waals surface area contributed by atoms with Gasteiger partial charge in [-0.05, 0) is 98.4 Å². The van der Waals surface area contributed by atoms with Crippen LogP contribution in [0, 0.1) is 0 Å². The minimum atomic E-state index is -0.576. The predicted octanol–water partition coefficient (Wildman–Crippen LogP) is 6.71. The van der Waals surface area contributed by atoms with Crippen molar-refractivity contribution in [2.45, 2.75) is 63.6 Å². The summed E-state index contributed by atoms with van der Waals surface area (Å²) in [5.41, 5.74) is 7.10. The van der Waals surface area contributed by atoms with Crippen molar-refractivity contribution in [3.05, 3.63) is 101 Å². The topological polar surface area (TPSA) is 68.8 Å². The number of hydrogen-bond donors (Lipinski definition) is 2. The molecule has 2 saturated heterocycles. The van der Waals surface area contributed by atoms with Gasteiger partial charge in [0.25, 0.3) is 0 Å². The zero-order chi connectivity index (χ0) is 29.3. The molecule has 2 heterocycles. The van der Waals surface area contributed by atoms with Crippen molar-refractivity contribution in [2.75, 3.05) is 26.2 Å². The summed E-state index contributed by atoms with van der Waals surface area (Å²) >= 11 is 0. The second-order valence-corrected chi connectivity index (χ2v) is 12.7. The summed E-state index contributed by atoms with van der Waals surface area (Å²) in [6.07, 6.45) is 3.94. The molecule has 0 aromatic heterocycles. The highest BCUT2D eigenvalue weighted by Crippen LogP contribution is 2.44. The van der Waals surface area contributed by atoms with Crippen LogP contribution in [0.1, 0.15) is 74.6 Å². The Morgan fingerprint density at radius 2 is 1.48 bits per heavy atom. The number of alkyl carbamates (subject to hydrolysis) is 1. The van der Waals surface area contributed by atoms with E-state index < -0.39 is 24.4 Å². The zero-order valence-corrected chi connectivity index (χ0v) is 25.1. The lowest BCUT2D eigenvalue weighted by atomic mass is 9.77. The molecule has 3 aliphatic rings. The highest BCUT2D eigenvalue weighted by Gasteiger charge is 2.52. The highest BCUT2D eigenvalue weighted by atomic mass is 16.7. The molecular weight excluding hydrogens is 523 g/mol. The SMILES string of the molecule is CC1(C)OB(C(=Cc2ccc(C3CCNCC3)cc2)CNC(=O)OCC2c3ccccc3-c3ccccc32)OC1(C)C. The van der Waals surface area contributed by atoms with Crippen LogP contribution in [0.2, 0.25) is 0 Å². The van der Waals surface area contributed by atoms with Crippen LogP contribution >= 0.6 is 0 Å². The van der Waals surface area contributed by atoms with Crippen molar-refractivity contribution >= 4 is 19.3 Å². The minimum Gasteiger partial charge on any atom is -0.449 e. The fourth-order valence-electron chi connectivity index (χ4n) is 6.25. The number of nitrogens with one attached hydrogen (secondary N) is 2. The van der Waals surface area contributed by atoms with Crippen molar-refractivity contribution in [2.24, 2.45) is 0 Å². The van der Waals surface area contributed by atoms with Gasteiger partial charge in [-0.15, -0.1) is 0 Å². The summed E-state index contributed by atoms with van der Waals surface area (Å²) in [5.74, 6) is 0.613. The standard InChI is InChI=1S/C35H41BN2O4/c1-34(2)35(3,4)42-36(41-34)27(21-24-13-15-25(16-14-24)26-17-19-37-20-18-26)22-38-33(39)40-23-32-30-11-7-5-9-28(30)29-10-6-8-12-31(29)32/h5-16,21,26,32,37H,17-20,22-23H2,1-4H3,(H,38,39). The Balaban J connectivity index is 1.15. The number of carbonyl (C=O) groups excluding carboxylic acids is 1. The number of piperidine rings is 1. The van der Waals surface area contributed by atoms with E-state index in [0.717, 1.165) is 24.1 Å². The van der Waals surface area contributed by atoms with Crippen LogP contribution in [-0.2, 0) is 14.0 Å². The normalized spacial score (nSPS) is 19.8. The first-order valence-electron chi connectivity index (χ1n) is 15.2. The molecule has 6 rings (SSSR count). The number of amides is 1. The Kier molecular flexibility index (Phi) is 8.01. The molecule has 0 atom stereocenters. The number of benzene rings is 3. The summed E-state index contributed by atoms with van der Waals surface area (Å²) in [6, 6.07) is 25.4. The number of rotatable bonds is 7. The summed E-state index contributed by atoms with van der Waals surface area (Å²) in [5, 5.41) is 6.41. The maximum atomic E-state index is 13.0. The van der Waals surface area contributed by atoms with Gasteiger partial charge in [0.1, 0.15) is 6.61 Å². The zero-order valence-electron chi connectivity index (χ0n) is 25.1. The van der Waals surface area contributed by atoms with E-state index in [1.165, 1.54) is 40.7 Å². The van der Waals surface area contributed by atoms with Crippen LogP contribution in [0.15, 0.2) is 78.3 Å². The minimum absolute atomic E-state index is 0.0136. The molecule has 6 nitrogen and oxygen atoms in total. The Bertz CT molecular complexity index is 1400. The van der Waals surface area contributed by atoms with Crippen molar-refractivity contribution < 1.29 is 18.8 Å². The average molecular weight is 565 g/mol. The van der Waals surface area contributed by atoms with Gasteiger partial charge in [-0.1, -0.05) is 78.9 Å². The molecule has 218 valence electrons. The molecule has 3 aromatic rings. The van der Waals surface area contributed by atoms with E-state index in [9.17, 15) is 4.79 Å². The molecule has 2 aliphatic heterocycles. The average Bonchev–Trinajstić information content (AvgIpc) is 3.43. The molecule has 3 aromatic carbocycles. The molecule has 0 spiro atoms. The number of fused-ring (bicyclic) bond motifs is 3. The van der Waals surface area contributed by atoms with Gasteiger partial charge in [0.2, 0.25) is 0 Å². The Hall–Kier alpha value is -3.39. The van der Waals surface area contributed by atoms with Crippen LogP contribution in [0.5, 0.6) is 0 Å². The first-order chi connectivity index (χ1) is 20.2. The maximum absolute atomic E-state index is 13.0. The largest absolute Gasteiger partial charge is 0.492 e. The molecule has 1 amide bonds. The molecule has 2 N–H and O–H groups in total. The summed E-state index contributed by atoms with van der Waals surface area (Å²) in [6.45, 7) is 10.8. The first kappa shape index (κ1) is 28.7. The lowest BCUT2D eigenvalue weighted by Gasteiger charge is -2.32. The van der Waals surface area contributed by atoms with Crippen molar-refractivity contribution in [1.82, 2.24) is 10.6 Å². The van der Waals surface area contributed by atoms with Crippen LogP contribution in [0.4, 0.5) is 4.79 Å². The Morgan fingerprint density at radius 1 is 0.905 bits per heavy atom. The molecule has 0 saturated carbocycles. The van der Waals surface area contributed by atoms with E-state index in [1.54, 1.807) is 0 Å². The predicted molar refractivity (Wildman–Crippen MR) is 168 cm³/mol. The molecule has 0 bridgehead atoms. The molecular formula is C35H41BN2O4. The molecule has 42 heavy (non-hydrogen) atoms. The van der Waals surface area contributed by atoms with E-state index in [4.69, 9.17) is 14.0 Å². The molecule has 1 aliphatic carbocycles. The molecule has 0 unspecified atom stereocenters. The maximum Gasteiger partial charge on any atom is 0.492 e. The van der Waals surface area contributed by atoms with Crippen LogP contribution in [0.25, 0.3) is 17.2 Å². The smallest absolute Gasteiger partial charge is 0.449 e.